The summed E-state index contributed by atoms with van der Waals surface area (Å²) in [6.07, 6.45) is 0. The van der Waals surface area contributed by atoms with E-state index in [1.165, 1.54) is 0 Å². The first kappa shape index (κ1) is 17.6. The molecule has 2 aromatic heterocycles. The number of fused-ring (bicyclic) bond motifs is 1. The molecule has 26 heavy (non-hydrogen) atoms. The number of amides is 1. The summed E-state index contributed by atoms with van der Waals surface area (Å²) in [6.45, 7) is 5.76. The van der Waals surface area contributed by atoms with Crippen LogP contribution in [0, 0.1) is 13.8 Å². The number of carbonyl (C=O) groups excluding carboxylic acids is 2. The van der Waals surface area contributed by atoms with E-state index in [-0.39, 0.29) is 11.9 Å². The fraction of sp³-hybridized carbons (Fsp3) is 0.263. The maximum atomic E-state index is 12.8. The zero-order valence-corrected chi connectivity index (χ0v) is 15.2. The number of esters is 1. The van der Waals surface area contributed by atoms with Gasteiger partial charge in [-0.3, -0.25) is 9.48 Å². The van der Waals surface area contributed by atoms with E-state index in [2.05, 4.69) is 15.4 Å². The molecule has 1 N–H and O–H groups in total. The van der Waals surface area contributed by atoms with Gasteiger partial charge in [0, 0.05) is 18.4 Å². The second kappa shape index (κ2) is 6.95. The summed E-state index contributed by atoms with van der Waals surface area (Å²) in [7, 11) is 1.80. The molecule has 0 aliphatic carbocycles. The highest BCUT2D eigenvalue weighted by Gasteiger charge is 2.18. The number of aryl methyl sites for hydroxylation is 3. The topological polar surface area (TPSA) is 86.1 Å². The van der Waals surface area contributed by atoms with E-state index in [1.807, 2.05) is 13.8 Å². The molecule has 3 aromatic rings. The largest absolute Gasteiger partial charge is 0.462 e. The summed E-state index contributed by atoms with van der Waals surface area (Å²) >= 11 is 0. The molecular formula is C19H20N4O3. The number of carbonyl (C=O) groups is 2. The van der Waals surface area contributed by atoms with Gasteiger partial charge in [0.2, 0.25) is 0 Å². The van der Waals surface area contributed by atoms with Gasteiger partial charge < -0.3 is 10.1 Å². The molecule has 0 spiro atoms. The Balaban J connectivity index is 1.89. The number of hydrogen-bond acceptors (Lipinski definition) is 5. The van der Waals surface area contributed by atoms with Crippen LogP contribution in [-0.4, -0.2) is 33.2 Å². The third kappa shape index (κ3) is 3.28. The fourth-order valence-corrected chi connectivity index (χ4v) is 2.85. The number of anilines is 1. The average Bonchev–Trinajstić information content (AvgIpc) is 2.89. The number of ether oxygens (including phenoxy) is 1. The van der Waals surface area contributed by atoms with Gasteiger partial charge in [0.1, 0.15) is 0 Å². The number of aromatic nitrogens is 3. The van der Waals surface area contributed by atoms with Crippen molar-refractivity contribution in [3.8, 4) is 0 Å². The van der Waals surface area contributed by atoms with Gasteiger partial charge in [0.15, 0.2) is 5.65 Å². The van der Waals surface area contributed by atoms with Crippen LogP contribution in [0.2, 0.25) is 0 Å². The molecule has 1 aromatic carbocycles. The normalized spacial score (nSPS) is 10.8. The smallest absolute Gasteiger partial charge is 0.338 e. The van der Waals surface area contributed by atoms with Crippen molar-refractivity contribution in [1.82, 2.24) is 14.8 Å². The van der Waals surface area contributed by atoms with Crippen LogP contribution in [0.15, 0.2) is 30.3 Å². The third-order valence-electron chi connectivity index (χ3n) is 4.00. The third-order valence-corrected chi connectivity index (χ3v) is 4.00. The monoisotopic (exact) mass is 352 g/mol. The molecule has 0 saturated heterocycles. The number of hydrogen-bond donors (Lipinski definition) is 1. The SMILES string of the molecule is CCOC(=O)c1ccc(NC(=O)c2cc(C)nc3c2c(C)nn3C)cc1. The van der Waals surface area contributed by atoms with Gasteiger partial charge in [0.25, 0.3) is 5.91 Å². The first-order valence-corrected chi connectivity index (χ1v) is 8.30. The lowest BCUT2D eigenvalue weighted by molar-refractivity contribution is 0.0526. The van der Waals surface area contributed by atoms with Crippen molar-refractivity contribution in [2.24, 2.45) is 7.05 Å². The Bertz CT molecular complexity index is 990. The fourth-order valence-electron chi connectivity index (χ4n) is 2.85. The summed E-state index contributed by atoms with van der Waals surface area (Å²) in [5.74, 6) is -0.636. The van der Waals surface area contributed by atoms with Crippen LogP contribution >= 0.6 is 0 Å². The zero-order chi connectivity index (χ0) is 18.8. The van der Waals surface area contributed by atoms with E-state index < -0.39 is 0 Å². The van der Waals surface area contributed by atoms with Crippen molar-refractivity contribution in [2.45, 2.75) is 20.8 Å². The first-order valence-electron chi connectivity index (χ1n) is 8.30. The molecule has 2 heterocycles. The Morgan fingerprint density at radius 3 is 2.54 bits per heavy atom. The summed E-state index contributed by atoms with van der Waals surface area (Å²) < 4.78 is 6.62. The Hall–Kier alpha value is -3.22. The van der Waals surface area contributed by atoms with E-state index in [1.54, 1.807) is 49.0 Å². The van der Waals surface area contributed by atoms with Crippen LogP contribution in [0.4, 0.5) is 5.69 Å². The lowest BCUT2D eigenvalue weighted by Crippen LogP contribution is -2.13. The van der Waals surface area contributed by atoms with E-state index in [0.717, 1.165) is 16.8 Å². The molecule has 0 saturated carbocycles. The summed E-state index contributed by atoms with van der Waals surface area (Å²) in [6, 6.07) is 8.34. The Kier molecular flexibility index (Phi) is 4.71. The number of pyridine rings is 1. The standard InChI is InChI=1S/C19H20N4O3/c1-5-26-19(25)13-6-8-14(9-7-13)21-18(24)15-10-11(2)20-17-16(15)12(3)22-23(17)4/h6-10H,5H2,1-4H3,(H,21,24). The number of nitrogens with zero attached hydrogens (tertiary/aromatic N) is 3. The summed E-state index contributed by atoms with van der Waals surface area (Å²) in [5.41, 5.74) is 3.71. The molecule has 7 heteroatoms. The van der Waals surface area contributed by atoms with Crippen LogP contribution in [0.1, 0.15) is 39.0 Å². The molecule has 0 fully saturated rings. The van der Waals surface area contributed by atoms with Gasteiger partial charge in [-0.25, -0.2) is 9.78 Å². The molecule has 3 rings (SSSR count). The molecule has 1 amide bonds. The maximum absolute atomic E-state index is 12.8. The quantitative estimate of drug-likeness (QED) is 0.730. The van der Waals surface area contributed by atoms with E-state index in [4.69, 9.17) is 4.74 Å². The minimum atomic E-state index is -0.386. The maximum Gasteiger partial charge on any atom is 0.338 e. The highest BCUT2D eigenvalue weighted by molar-refractivity contribution is 6.12. The molecule has 0 aliphatic heterocycles. The number of nitrogens with one attached hydrogen (secondary N) is 1. The molecular weight excluding hydrogens is 332 g/mol. The molecule has 0 radical (unpaired) electrons. The zero-order valence-electron chi connectivity index (χ0n) is 15.2. The minimum absolute atomic E-state index is 0.250. The average molecular weight is 352 g/mol. The second-order valence-electron chi connectivity index (χ2n) is 5.97. The van der Waals surface area contributed by atoms with Crippen LogP contribution in [0.5, 0.6) is 0 Å². The molecule has 7 nitrogen and oxygen atoms in total. The van der Waals surface area contributed by atoms with Gasteiger partial charge >= 0.3 is 5.97 Å². The number of rotatable bonds is 4. The van der Waals surface area contributed by atoms with Crippen molar-refractivity contribution in [3.63, 3.8) is 0 Å². The highest BCUT2D eigenvalue weighted by Crippen LogP contribution is 2.23. The minimum Gasteiger partial charge on any atom is -0.462 e. The van der Waals surface area contributed by atoms with Crippen LogP contribution in [0.25, 0.3) is 11.0 Å². The van der Waals surface area contributed by atoms with Gasteiger partial charge in [-0.15, -0.1) is 0 Å². The Labute approximate surface area is 151 Å². The summed E-state index contributed by atoms with van der Waals surface area (Å²) in [5, 5.41) is 7.94. The van der Waals surface area contributed by atoms with Crippen molar-refractivity contribution in [1.29, 1.82) is 0 Å². The van der Waals surface area contributed by atoms with E-state index in [9.17, 15) is 9.59 Å². The van der Waals surface area contributed by atoms with E-state index in [0.29, 0.717) is 29.1 Å². The lowest BCUT2D eigenvalue weighted by Gasteiger charge is -2.08. The molecule has 0 unspecified atom stereocenters. The molecule has 0 atom stereocenters. The molecule has 134 valence electrons. The van der Waals surface area contributed by atoms with E-state index >= 15 is 0 Å². The van der Waals surface area contributed by atoms with Gasteiger partial charge in [0.05, 0.1) is 28.8 Å². The van der Waals surface area contributed by atoms with Gasteiger partial charge in [-0.2, -0.15) is 5.10 Å². The van der Waals surface area contributed by atoms with Crippen molar-refractivity contribution in [3.05, 3.63) is 52.8 Å². The van der Waals surface area contributed by atoms with Crippen molar-refractivity contribution in [2.75, 3.05) is 11.9 Å². The Morgan fingerprint density at radius 1 is 1.19 bits per heavy atom. The van der Waals surface area contributed by atoms with Crippen molar-refractivity contribution < 1.29 is 14.3 Å². The van der Waals surface area contributed by atoms with Gasteiger partial charge in [-0.05, 0) is 51.1 Å². The van der Waals surface area contributed by atoms with Crippen LogP contribution in [-0.2, 0) is 11.8 Å². The van der Waals surface area contributed by atoms with Crippen LogP contribution in [0.3, 0.4) is 0 Å². The second-order valence-corrected chi connectivity index (χ2v) is 5.97. The van der Waals surface area contributed by atoms with Gasteiger partial charge in [-0.1, -0.05) is 0 Å². The predicted octanol–water partition coefficient (Wildman–Crippen LogP) is 3.01. The number of benzene rings is 1. The molecule has 0 aliphatic rings. The highest BCUT2D eigenvalue weighted by atomic mass is 16.5. The first-order chi connectivity index (χ1) is 12.4. The molecule has 0 bridgehead atoms. The predicted molar refractivity (Wildman–Crippen MR) is 98.3 cm³/mol. The Morgan fingerprint density at radius 2 is 1.88 bits per heavy atom. The van der Waals surface area contributed by atoms with Crippen LogP contribution < -0.4 is 5.32 Å². The van der Waals surface area contributed by atoms with Crippen molar-refractivity contribution >= 4 is 28.6 Å². The summed E-state index contributed by atoms with van der Waals surface area (Å²) in [4.78, 5) is 29.0. The lowest BCUT2D eigenvalue weighted by atomic mass is 10.1.